The Balaban J connectivity index is 0. The number of carbonyl (C=O) groups excluding carboxylic acids is 1. The van der Waals surface area contributed by atoms with Crippen molar-refractivity contribution < 1.29 is 13.9 Å². The zero-order valence-corrected chi connectivity index (χ0v) is 17.3. The first kappa shape index (κ1) is 26.5. The Morgan fingerprint density at radius 2 is 1.67 bits per heavy atom. The standard InChI is InChI=1S/C14H16FN3.C3H6O2.2C2H6/c1-17-14-7-6-12(8-13(14)16)18-9-10-2-4-11(15)5-3-10;1-2-5-3-4;2*1-2/h2-8,17-18H,9,16H2,1H3;3H,2H2,1H3;2*1-2H3. The molecule has 2 rings (SSSR count). The lowest BCUT2D eigenvalue weighted by atomic mass is 10.2. The summed E-state index contributed by atoms with van der Waals surface area (Å²) in [5, 5.41) is 6.25. The smallest absolute Gasteiger partial charge is 0.293 e. The fourth-order valence-corrected chi connectivity index (χ4v) is 1.77. The molecule has 0 aliphatic rings. The van der Waals surface area contributed by atoms with E-state index >= 15 is 0 Å². The van der Waals surface area contributed by atoms with Gasteiger partial charge in [-0.2, -0.15) is 0 Å². The molecule has 2 aromatic rings. The second kappa shape index (κ2) is 18.0. The molecular weight excluding hydrogens is 345 g/mol. The van der Waals surface area contributed by atoms with Crippen molar-refractivity contribution in [3.05, 3.63) is 53.8 Å². The molecule has 6 heteroatoms. The van der Waals surface area contributed by atoms with Gasteiger partial charge in [-0.25, -0.2) is 4.39 Å². The topological polar surface area (TPSA) is 76.4 Å². The van der Waals surface area contributed by atoms with Gasteiger partial charge in [0.1, 0.15) is 5.82 Å². The van der Waals surface area contributed by atoms with Crippen LogP contribution in [-0.4, -0.2) is 20.1 Å². The number of nitrogens with two attached hydrogens (primary N) is 1. The summed E-state index contributed by atoms with van der Waals surface area (Å²) in [6.45, 7) is 11.3. The van der Waals surface area contributed by atoms with Gasteiger partial charge in [0, 0.05) is 19.3 Å². The van der Waals surface area contributed by atoms with Crippen LogP contribution in [0.4, 0.5) is 21.5 Å². The largest absolute Gasteiger partial charge is 0.468 e. The van der Waals surface area contributed by atoms with E-state index in [1.54, 1.807) is 19.1 Å². The lowest BCUT2D eigenvalue weighted by Crippen LogP contribution is -2.01. The average molecular weight is 380 g/mol. The molecule has 0 fully saturated rings. The third-order valence-corrected chi connectivity index (χ3v) is 2.97. The zero-order chi connectivity index (χ0) is 21.1. The molecule has 0 radical (unpaired) electrons. The minimum atomic E-state index is -0.221. The summed E-state index contributed by atoms with van der Waals surface area (Å²) in [5.74, 6) is -0.221. The van der Waals surface area contributed by atoms with Crippen molar-refractivity contribution >= 4 is 23.5 Å². The summed E-state index contributed by atoms with van der Waals surface area (Å²) in [7, 11) is 1.83. The van der Waals surface area contributed by atoms with Gasteiger partial charge in [0.05, 0.1) is 18.0 Å². The van der Waals surface area contributed by atoms with Gasteiger partial charge in [0.15, 0.2) is 0 Å². The van der Waals surface area contributed by atoms with Crippen molar-refractivity contribution in [3.8, 4) is 0 Å². The Morgan fingerprint density at radius 1 is 1.07 bits per heavy atom. The highest BCUT2D eigenvalue weighted by molar-refractivity contribution is 5.71. The van der Waals surface area contributed by atoms with Crippen LogP contribution in [0.2, 0.25) is 0 Å². The number of carbonyl (C=O) groups is 1. The van der Waals surface area contributed by atoms with Crippen molar-refractivity contribution in [1.82, 2.24) is 0 Å². The second-order valence-corrected chi connectivity index (χ2v) is 4.58. The Morgan fingerprint density at radius 3 is 2.07 bits per heavy atom. The lowest BCUT2D eigenvalue weighted by Gasteiger charge is -2.10. The number of benzene rings is 2. The molecular formula is C21H34FN3O2. The maximum atomic E-state index is 12.7. The molecule has 0 saturated carbocycles. The molecule has 27 heavy (non-hydrogen) atoms. The van der Waals surface area contributed by atoms with Crippen LogP contribution < -0.4 is 16.4 Å². The van der Waals surface area contributed by atoms with Crippen molar-refractivity contribution in [2.75, 3.05) is 30.0 Å². The Hall–Kier alpha value is -2.76. The third kappa shape index (κ3) is 12.3. The molecule has 0 spiro atoms. The van der Waals surface area contributed by atoms with Gasteiger partial charge in [0.2, 0.25) is 0 Å². The summed E-state index contributed by atoms with van der Waals surface area (Å²) < 4.78 is 16.9. The first-order chi connectivity index (χ1) is 13.1. The fraction of sp³-hybridized carbons (Fsp3) is 0.381. The Kier molecular flexibility index (Phi) is 17.7. The molecule has 0 aliphatic heterocycles. The van der Waals surface area contributed by atoms with Crippen LogP contribution in [0.1, 0.15) is 40.2 Å². The van der Waals surface area contributed by atoms with Crippen LogP contribution in [0, 0.1) is 5.82 Å². The highest BCUT2D eigenvalue weighted by atomic mass is 19.1. The molecule has 0 amide bonds. The van der Waals surface area contributed by atoms with Crippen molar-refractivity contribution in [1.29, 1.82) is 0 Å². The number of nitrogen functional groups attached to an aromatic ring is 1. The second-order valence-electron chi connectivity index (χ2n) is 4.58. The number of ether oxygens (including phenoxy) is 1. The summed E-state index contributed by atoms with van der Waals surface area (Å²) >= 11 is 0. The predicted molar refractivity (Wildman–Crippen MR) is 115 cm³/mol. The van der Waals surface area contributed by atoms with Gasteiger partial charge in [-0.05, 0) is 42.8 Å². The molecule has 4 N–H and O–H groups in total. The molecule has 5 nitrogen and oxygen atoms in total. The number of hydrogen-bond acceptors (Lipinski definition) is 5. The summed E-state index contributed by atoms with van der Waals surface area (Å²) in [6.07, 6.45) is 0. The monoisotopic (exact) mass is 379 g/mol. The number of anilines is 3. The van der Waals surface area contributed by atoms with Gasteiger partial charge in [-0.15, -0.1) is 0 Å². The Bertz CT molecular complexity index is 605. The van der Waals surface area contributed by atoms with Gasteiger partial charge in [-0.3, -0.25) is 4.79 Å². The van der Waals surface area contributed by atoms with Gasteiger partial charge < -0.3 is 21.1 Å². The molecule has 0 aromatic heterocycles. The number of nitrogens with one attached hydrogen (secondary N) is 2. The molecule has 0 bridgehead atoms. The Labute approximate surface area is 163 Å². The molecule has 0 saturated heterocycles. The molecule has 0 unspecified atom stereocenters. The third-order valence-electron chi connectivity index (χ3n) is 2.97. The zero-order valence-electron chi connectivity index (χ0n) is 17.3. The minimum Gasteiger partial charge on any atom is -0.468 e. The van der Waals surface area contributed by atoms with Gasteiger partial charge >= 0.3 is 0 Å². The van der Waals surface area contributed by atoms with E-state index in [1.165, 1.54) is 12.1 Å². The van der Waals surface area contributed by atoms with Crippen LogP contribution in [0.3, 0.4) is 0 Å². The maximum absolute atomic E-state index is 12.7. The van der Waals surface area contributed by atoms with Crippen LogP contribution in [0.15, 0.2) is 42.5 Å². The molecule has 0 heterocycles. The van der Waals surface area contributed by atoms with Crippen LogP contribution in [0.25, 0.3) is 0 Å². The van der Waals surface area contributed by atoms with E-state index in [0.717, 1.165) is 16.9 Å². The molecule has 0 aliphatic carbocycles. The summed E-state index contributed by atoms with van der Waals surface area (Å²) in [5.41, 5.74) is 9.43. The van der Waals surface area contributed by atoms with Crippen molar-refractivity contribution in [2.45, 2.75) is 41.2 Å². The van der Waals surface area contributed by atoms with Crippen LogP contribution in [0.5, 0.6) is 0 Å². The van der Waals surface area contributed by atoms with E-state index in [-0.39, 0.29) is 5.82 Å². The van der Waals surface area contributed by atoms with E-state index in [1.807, 2.05) is 52.9 Å². The normalized spacial score (nSPS) is 8.41. The minimum absolute atomic E-state index is 0.221. The van der Waals surface area contributed by atoms with Gasteiger partial charge in [0.25, 0.3) is 6.47 Å². The fourth-order valence-electron chi connectivity index (χ4n) is 1.77. The SMILES string of the molecule is CC.CC.CCOC=O.CNc1ccc(NCc2ccc(F)cc2)cc1N. The highest BCUT2D eigenvalue weighted by Gasteiger charge is 1.99. The first-order valence-electron chi connectivity index (χ1n) is 9.21. The molecule has 0 atom stereocenters. The average Bonchev–Trinajstić information content (AvgIpc) is 2.72. The maximum Gasteiger partial charge on any atom is 0.293 e. The van der Waals surface area contributed by atoms with E-state index in [2.05, 4.69) is 15.4 Å². The van der Waals surface area contributed by atoms with Crippen LogP contribution in [-0.2, 0) is 16.1 Å². The van der Waals surface area contributed by atoms with Crippen LogP contribution >= 0.6 is 0 Å². The van der Waals surface area contributed by atoms with Crippen molar-refractivity contribution in [3.63, 3.8) is 0 Å². The number of halogens is 1. The first-order valence-corrected chi connectivity index (χ1v) is 9.21. The molecule has 152 valence electrons. The van der Waals surface area contributed by atoms with Crippen molar-refractivity contribution in [2.24, 2.45) is 0 Å². The summed E-state index contributed by atoms with van der Waals surface area (Å²) in [6, 6.07) is 12.2. The number of rotatable bonds is 6. The summed E-state index contributed by atoms with van der Waals surface area (Å²) in [4.78, 5) is 9.18. The quantitative estimate of drug-likeness (QED) is 0.469. The molecule has 2 aromatic carbocycles. The lowest BCUT2D eigenvalue weighted by molar-refractivity contribution is -0.128. The van der Waals surface area contributed by atoms with E-state index < -0.39 is 0 Å². The predicted octanol–water partition coefficient (Wildman–Crippen LogP) is 5.29. The van der Waals surface area contributed by atoms with E-state index in [0.29, 0.717) is 25.3 Å². The van der Waals surface area contributed by atoms with E-state index in [4.69, 9.17) is 5.73 Å². The highest BCUT2D eigenvalue weighted by Crippen LogP contribution is 2.22. The van der Waals surface area contributed by atoms with Gasteiger partial charge in [-0.1, -0.05) is 39.8 Å². The number of hydrogen-bond donors (Lipinski definition) is 3. The van der Waals surface area contributed by atoms with E-state index in [9.17, 15) is 9.18 Å².